The van der Waals surface area contributed by atoms with Gasteiger partial charge in [0.25, 0.3) is 10.0 Å². The van der Waals surface area contributed by atoms with Crippen LogP contribution in [0.2, 0.25) is 5.02 Å². The molecule has 5 rings (SSSR count). The molecule has 196 valence electrons. The average molecular weight is 543 g/mol. The number of piperazine rings is 1. The van der Waals surface area contributed by atoms with E-state index >= 15 is 0 Å². The number of nitrogens with zero attached hydrogens (tertiary/aromatic N) is 5. The molecule has 0 radical (unpaired) electrons. The first kappa shape index (κ1) is 25.0. The second-order valence-corrected chi connectivity index (χ2v) is 11.2. The molecule has 0 unspecified atom stereocenters. The number of fused-ring (bicyclic) bond motifs is 1. The average Bonchev–Trinajstić information content (AvgIpc) is 3.29. The Kier molecular flexibility index (Phi) is 7.03. The molecule has 0 spiro atoms. The van der Waals surface area contributed by atoms with E-state index in [0.717, 1.165) is 16.6 Å². The van der Waals surface area contributed by atoms with Crippen molar-refractivity contribution in [3.63, 3.8) is 0 Å². The van der Waals surface area contributed by atoms with Crippen molar-refractivity contribution in [2.75, 3.05) is 29.3 Å². The highest BCUT2D eigenvalue weighted by Crippen LogP contribution is 2.24. The van der Waals surface area contributed by atoms with E-state index in [9.17, 15) is 13.2 Å². The van der Waals surface area contributed by atoms with Crippen LogP contribution in [0.25, 0.3) is 10.9 Å². The van der Waals surface area contributed by atoms with Gasteiger partial charge in [0.15, 0.2) is 0 Å². The van der Waals surface area contributed by atoms with Gasteiger partial charge in [-0.25, -0.2) is 18.4 Å². The summed E-state index contributed by atoms with van der Waals surface area (Å²) in [6.07, 6.45) is 5.16. The Morgan fingerprint density at radius 1 is 1.14 bits per heavy atom. The van der Waals surface area contributed by atoms with Gasteiger partial charge in [-0.05, 0) is 61.5 Å². The number of hydrogen-bond donors (Lipinski definition) is 1. The first-order chi connectivity index (χ1) is 17.8. The standard InChI is InChI=1S/C26H27ClN6O3S.2H2/c1-19-17-32(22-3-5-23(6-4-22)37(35,36)30-25-8-11-28-18-29-25)14-15-33(19)26(34)10-13-31-12-9-20-16-21(27)2-7-24(20)31;;/h2-9,11-12,16,18-19H,10,13-15,17H2,1H3,(H,28,29,30);2*1H/t19-;;/m0../s1. The third kappa shape index (κ3) is 5.55. The number of aromatic nitrogens is 3. The third-order valence-corrected chi connectivity index (χ3v) is 8.19. The van der Waals surface area contributed by atoms with E-state index in [1.807, 2.05) is 42.3 Å². The van der Waals surface area contributed by atoms with Gasteiger partial charge in [0, 0.05) is 75.5 Å². The van der Waals surface area contributed by atoms with Crippen LogP contribution >= 0.6 is 11.6 Å². The Balaban J connectivity index is 0.00000210. The largest absolute Gasteiger partial charge is 0.368 e. The summed E-state index contributed by atoms with van der Waals surface area (Å²) in [7, 11) is -3.75. The van der Waals surface area contributed by atoms with Gasteiger partial charge >= 0.3 is 0 Å². The van der Waals surface area contributed by atoms with E-state index in [1.54, 1.807) is 24.3 Å². The number of anilines is 2. The molecule has 1 aliphatic heterocycles. The minimum absolute atomic E-state index is 0. The molecule has 2 aromatic carbocycles. The molecule has 0 saturated carbocycles. The minimum atomic E-state index is -3.75. The number of carbonyl (C=O) groups excluding carboxylic acids is 1. The number of carbonyl (C=O) groups is 1. The summed E-state index contributed by atoms with van der Waals surface area (Å²) in [6.45, 7) is 4.60. The van der Waals surface area contributed by atoms with Crippen molar-refractivity contribution in [3.8, 4) is 0 Å². The molecule has 2 aromatic heterocycles. The Hall–Kier alpha value is -3.63. The van der Waals surface area contributed by atoms with E-state index < -0.39 is 10.0 Å². The lowest BCUT2D eigenvalue weighted by atomic mass is 10.1. The van der Waals surface area contributed by atoms with Crippen molar-refractivity contribution in [1.29, 1.82) is 0 Å². The van der Waals surface area contributed by atoms with Gasteiger partial charge < -0.3 is 14.4 Å². The summed E-state index contributed by atoms with van der Waals surface area (Å²) < 4.78 is 29.8. The number of rotatable bonds is 7. The monoisotopic (exact) mass is 542 g/mol. The van der Waals surface area contributed by atoms with E-state index in [4.69, 9.17) is 11.6 Å². The minimum Gasteiger partial charge on any atom is -0.368 e. The lowest BCUT2D eigenvalue weighted by molar-refractivity contribution is -0.133. The molecule has 1 N–H and O–H groups in total. The molecule has 1 fully saturated rings. The molecule has 11 heteroatoms. The van der Waals surface area contributed by atoms with E-state index in [0.29, 0.717) is 37.6 Å². The van der Waals surface area contributed by atoms with Gasteiger partial charge in [-0.3, -0.25) is 9.52 Å². The smallest absolute Gasteiger partial charge is 0.263 e. The molecular weight excluding hydrogens is 512 g/mol. The van der Waals surface area contributed by atoms with Crippen LogP contribution in [0.15, 0.2) is 78.2 Å². The summed E-state index contributed by atoms with van der Waals surface area (Å²) in [6, 6.07) is 16.0. The molecule has 1 amide bonds. The highest BCUT2D eigenvalue weighted by atomic mass is 35.5. The number of benzene rings is 2. The van der Waals surface area contributed by atoms with E-state index in [2.05, 4.69) is 24.2 Å². The first-order valence-electron chi connectivity index (χ1n) is 12.0. The summed E-state index contributed by atoms with van der Waals surface area (Å²) in [5, 5.41) is 1.76. The predicted molar refractivity (Wildman–Crippen MR) is 148 cm³/mol. The normalized spacial score (nSPS) is 16.2. The molecule has 3 heterocycles. The summed E-state index contributed by atoms with van der Waals surface area (Å²) in [5.41, 5.74) is 1.98. The van der Waals surface area contributed by atoms with Gasteiger partial charge in [-0.1, -0.05) is 11.6 Å². The van der Waals surface area contributed by atoms with Crippen molar-refractivity contribution in [1.82, 2.24) is 19.4 Å². The van der Waals surface area contributed by atoms with Crippen molar-refractivity contribution < 1.29 is 16.1 Å². The van der Waals surface area contributed by atoms with Crippen LogP contribution in [0.4, 0.5) is 11.5 Å². The van der Waals surface area contributed by atoms with E-state index in [1.165, 1.54) is 18.6 Å². The summed E-state index contributed by atoms with van der Waals surface area (Å²) in [4.78, 5) is 25.0. The quantitative estimate of drug-likeness (QED) is 0.369. The maximum atomic E-state index is 13.0. The Labute approximate surface area is 223 Å². The molecule has 37 heavy (non-hydrogen) atoms. The second-order valence-electron chi connectivity index (χ2n) is 9.04. The fraction of sp³-hybridized carbons (Fsp3) is 0.269. The number of sulfonamides is 1. The zero-order chi connectivity index (χ0) is 26.0. The molecule has 1 atom stereocenters. The molecule has 1 saturated heterocycles. The molecular formula is C26H31ClN6O3S. The highest BCUT2D eigenvalue weighted by molar-refractivity contribution is 7.92. The van der Waals surface area contributed by atoms with Crippen LogP contribution in [0.1, 0.15) is 16.2 Å². The van der Waals surface area contributed by atoms with E-state index in [-0.39, 0.29) is 25.5 Å². The van der Waals surface area contributed by atoms with Crippen molar-refractivity contribution in [2.24, 2.45) is 0 Å². The Bertz CT molecular complexity index is 1520. The summed E-state index contributed by atoms with van der Waals surface area (Å²) in [5.74, 6) is 0.336. The summed E-state index contributed by atoms with van der Waals surface area (Å²) >= 11 is 6.08. The van der Waals surface area contributed by atoms with Crippen molar-refractivity contribution in [3.05, 3.63) is 78.3 Å². The maximum Gasteiger partial charge on any atom is 0.263 e. The van der Waals surface area contributed by atoms with Crippen LogP contribution in [-0.2, 0) is 21.4 Å². The van der Waals surface area contributed by atoms with Crippen LogP contribution in [0.5, 0.6) is 0 Å². The molecule has 0 bridgehead atoms. The number of hydrogen-bond acceptors (Lipinski definition) is 6. The Morgan fingerprint density at radius 2 is 1.95 bits per heavy atom. The third-order valence-electron chi connectivity index (χ3n) is 6.58. The fourth-order valence-electron chi connectivity index (χ4n) is 4.67. The molecule has 4 aromatic rings. The number of nitrogens with one attached hydrogen (secondary N) is 1. The predicted octanol–water partition coefficient (Wildman–Crippen LogP) is 4.50. The second kappa shape index (κ2) is 10.4. The SMILES string of the molecule is C[C@H]1CN(c2ccc(S(=O)(=O)Nc3ccncn3)cc2)CCN1C(=O)CCn1ccc2cc(Cl)ccc21.[HH].[HH]. The van der Waals surface area contributed by atoms with Crippen molar-refractivity contribution in [2.45, 2.75) is 30.8 Å². The molecule has 1 aliphatic rings. The van der Waals surface area contributed by atoms with Crippen molar-refractivity contribution >= 4 is 49.9 Å². The topological polar surface area (TPSA) is 100 Å². The number of halogens is 1. The molecule has 0 aliphatic carbocycles. The van der Waals surface area contributed by atoms with Gasteiger partial charge in [0.05, 0.1) is 4.90 Å². The maximum absolute atomic E-state index is 13.0. The van der Waals surface area contributed by atoms with Crippen LogP contribution in [-0.4, -0.2) is 59.4 Å². The zero-order valence-corrected chi connectivity index (χ0v) is 21.9. The Morgan fingerprint density at radius 3 is 2.68 bits per heavy atom. The zero-order valence-electron chi connectivity index (χ0n) is 20.3. The molecule has 9 nitrogen and oxygen atoms in total. The van der Waals surface area contributed by atoms with Crippen LogP contribution < -0.4 is 9.62 Å². The van der Waals surface area contributed by atoms with Crippen LogP contribution in [0.3, 0.4) is 0 Å². The lowest BCUT2D eigenvalue weighted by Crippen LogP contribution is -2.54. The first-order valence-corrected chi connectivity index (χ1v) is 13.8. The van der Waals surface area contributed by atoms with Gasteiger partial charge in [0.1, 0.15) is 12.1 Å². The number of aryl methyl sites for hydroxylation is 1. The van der Waals surface area contributed by atoms with Gasteiger partial charge in [-0.2, -0.15) is 0 Å². The highest BCUT2D eigenvalue weighted by Gasteiger charge is 2.27. The lowest BCUT2D eigenvalue weighted by Gasteiger charge is -2.41. The van der Waals surface area contributed by atoms with Gasteiger partial charge in [-0.15, -0.1) is 0 Å². The van der Waals surface area contributed by atoms with Crippen LogP contribution in [0, 0.1) is 0 Å². The van der Waals surface area contributed by atoms with Gasteiger partial charge in [0.2, 0.25) is 5.91 Å². The fourth-order valence-corrected chi connectivity index (χ4v) is 5.86. The number of amides is 1.